The van der Waals surface area contributed by atoms with Crippen LogP contribution in [-0.2, 0) is 4.79 Å². The molecule has 4 heteroatoms. The van der Waals surface area contributed by atoms with Gasteiger partial charge in [0, 0.05) is 30.0 Å². The average Bonchev–Trinajstić information content (AvgIpc) is 2.66. The molecule has 1 aliphatic heterocycles. The molecule has 3 N–H and O–H groups in total. The minimum absolute atomic E-state index is 0.112. The summed E-state index contributed by atoms with van der Waals surface area (Å²) < 4.78 is 0. The summed E-state index contributed by atoms with van der Waals surface area (Å²) in [4.78, 5) is 13.8. The van der Waals surface area contributed by atoms with Crippen LogP contribution in [0.3, 0.4) is 0 Å². The molecule has 1 aliphatic rings. The van der Waals surface area contributed by atoms with Gasteiger partial charge in [0.1, 0.15) is 6.04 Å². The Bertz CT molecular complexity index is 445. The molecule has 1 aromatic rings. The van der Waals surface area contributed by atoms with E-state index in [2.05, 4.69) is 30.1 Å². The lowest BCUT2D eigenvalue weighted by Gasteiger charge is -2.23. The Balaban J connectivity index is 2.21. The standard InChI is InChI=1S/C14H21N3O/c1-3-5-8-17(4-2)10-6-7-11-12(9-10)16-14(18)13(11)15/h6-7,9,13H,3-5,8,15H2,1-2H3,(H,16,18). The van der Waals surface area contributed by atoms with E-state index in [1.165, 1.54) is 12.8 Å². The first-order valence-electron chi connectivity index (χ1n) is 6.62. The van der Waals surface area contributed by atoms with Crippen LogP contribution in [0.15, 0.2) is 18.2 Å². The highest BCUT2D eigenvalue weighted by atomic mass is 16.2. The Morgan fingerprint density at radius 2 is 2.17 bits per heavy atom. The van der Waals surface area contributed by atoms with Crippen molar-refractivity contribution in [2.45, 2.75) is 32.7 Å². The van der Waals surface area contributed by atoms with Crippen LogP contribution in [0.25, 0.3) is 0 Å². The maximum atomic E-state index is 11.5. The van der Waals surface area contributed by atoms with Crippen molar-refractivity contribution in [1.29, 1.82) is 0 Å². The number of anilines is 2. The van der Waals surface area contributed by atoms with Crippen LogP contribution >= 0.6 is 0 Å². The summed E-state index contributed by atoms with van der Waals surface area (Å²) >= 11 is 0. The number of nitrogens with zero attached hydrogens (tertiary/aromatic N) is 1. The summed E-state index contributed by atoms with van der Waals surface area (Å²) in [5.74, 6) is -0.112. The van der Waals surface area contributed by atoms with Gasteiger partial charge >= 0.3 is 0 Å². The van der Waals surface area contributed by atoms with Gasteiger partial charge in [0.2, 0.25) is 5.91 Å². The zero-order valence-corrected chi connectivity index (χ0v) is 11.1. The lowest BCUT2D eigenvalue weighted by molar-refractivity contribution is -0.116. The number of carbonyl (C=O) groups excluding carboxylic acids is 1. The first kappa shape index (κ1) is 12.9. The Labute approximate surface area is 108 Å². The molecule has 1 amide bonds. The van der Waals surface area contributed by atoms with Gasteiger partial charge in [-0.3, -0.25) is 4.79 Å². The van der Waals surface area contributed by atoms with E-state index in [-0.39, 0.29) is 5.91 Å². The second-order valence-electron chi connectivity index (χ2n) is 4.67. The summed E-state index contributed by atoms with van der Waals surface area (Å²) in [6.07, 6.45) is 2.36. The van der Waals surface area contributed by atoms with Gasteiger partial charge in [-0.25, -0.2) is 0 Å². The molecule has 1 atom stereocenters. The van der Waals surface area contributed by atoms with E-state index >= 15 is 0 Å². The van der Waals surface area contributed by atoms with E-state index in [0.29, 0.717) is 0 Å². The predicted molar refractivity (Wildman–Crippen MR) is 74.8 cm³/mol. The number of hydrogen-bond acceptors (Lipinski definition) is 3. The van der Waals surface area contributed by atoms with Crippen molar-refractivity contribution in [3.05, 3.63) is 23.8 Å². The third-order valence-corrected chi connectivity index (χ3v) is 3.44. The first-order valence-corrected chi connectivity index (χ1v) is 6.62. The molecule has 0 fully saturated rings. The highest BCUT2D eigenvalue weighted by molar-refractivity contribution is 6.02. The summed E-state index contributed by atoms with van der Waals surface area (Å²) in [6.45, 7) is 6.35. The fourth-order valence-corrected chi connectivity index (χ4v) is 2.29. The molecule has 0 saturated heterocycles. The van der Waals surface area contributed by atoms with Crippen LogP contribution in [0.4, 0.5) is 11.4 Å². The van der Waals surface area contributed by atoms with Gasteiger partial charge < -0.3 is 16.0 Å². The van der Waals surface area contributed by atoms with Gasteiger partial charge in [0.25, 0.3) is 0 Å². The van der Waals surface area contributed by atoms with Crippen molar-refractivity contribution < 1.29 is 4.79 Å². The molecule has 0 aromatic heterocycles. The van der Waals surface area contributed by atoms with Crippen molar-refractivity contribution >= 4 is 17.3 Å². The number of nitrogens with two attached hydrogens (primary N) is 1. The van der Waals surface area contributed by atoms with Gasteiger partial charge in [-0.2, -0.15) is 0 Å². The SMILES string of the molecule is CCCCN(CC)c1ccc2c(c1)NC(=O)C2N. The number of rotatable bonds is 5. The van der Waals surface area contributed by atoms with Crippen molar-refractivity contribution in [1.82, 2.24) is 0 Å². The molecule has 0 radical (unpaired) electrons. The maximum absolute atomic E-state index is 11.5. The Kier molecular flexibility index (Phi) is 3.87. The monoisotopic (exact) mass is 247 g/mol. The molecule has 18 heavy (non-hydrogen) atoms. The van der Waals surface area contributed by atoms with Gasteiger partial charge in [-0.1, -0.05) is 19.4 Å². The van der Waals surface area contributed by atoms with E-state index in [0.717, 1.165) is 30.0 Å². The van der Waals surface area contributed by atoms with E-state index in [1.807, 2.05) is 12.1 Å². The third kappa shape index (κ3) is 2.34. The summed E-state index contributed by atoms with van der Waals surface area (Å²) in [5, 5.41) is 2.83. The molecule has 0 spiro atoms. The second-order valence-corrected chi connectivity index (χ2v) is 4.67. The topological polar surface area (TPSA) is 58.4 Å². The maximum Gasteiger partial charge on any atom is 0.245 e. The number of amides is 1. The zero-order valence-electron chi connectivity index (χ0n) is 11.1. The van der Waals surface area contributed by atoms with Crippen LogP contribution in [-0.4, -0.2) is 19.0 Å². The van der Waals surface area contributed by atoms with E-state index in [4.69, 9.17) is 5.73 Å². The highest BCUT2D eigenvalue weighted by Crippen LogP contribution is 2.32. The van der Waals surface area contributed by atoms with E-state index < -0.39 is 6.04 Å². The second kappa shape index (κ2) is 5.40. The quantitative estimate of drug-likeness (QED) is 0.839. The average molecular weight is 247 g/mol. The fourth-order valence-electron chi connectivity index (χ4n) is 2.29. The number of benzene rings is 1. The van der Waals surface area contributed by atoms with E-state index in [1.54, 1.807) is 0 Å². The number of carbonyl (C=O) groups is 1. The normalized spacial score (nSPS) is 17.5. The number of unbranched alkanes of at least 4 members (excludes halogenated alkanes) is 1. The molecule has 0 saturated carbocycles. The number of fused-ring (bicyclic) bond motifs is 1. The van der Waals surface area contributed by atoms with Crippen LogP contribution in [0.5, 0.6) is 0 Å². The Morgan fingerprint density at radius 3 is 2.83 bits per heavy atom. The number of nitrogens with one attached hydrogen (secondary N) is 1. The zero-order chi connectivity index (χ0) is 13.1. The van der Waals surface area contributed by atoms with Crippen LogP contribution in [0, 0.1) is 0 Å². The van der Waals surface area contributed by atoms with Gasteiger partial charge in [0.05, 0.1) is 0 Å². The molecular weight excluding hydrogens is 226 g/mol. The van der Waals surface area contributed by atoms with Gasteiger partial charge in [-0.05, 0) is 25.5 Å². The van der Waals surface area contributed by atoms with Crippen molar-refractivity contribution in [3.63, 3.8) is 0 Å². The molecule has 1 aromatic carbocycles. The molecule has 0 aliphatic carbocycles. The predicted octanol–water partition coefficient (Wildman–Crippen LogP) is 2.26. The minimum atomic E-state index is -0.514. The molecule has 1 unspecified atom stereocenters. The van der Waals surface area contributed by atoms with Gasteiger partial charge in [0.15, 0.2) is 0 Å². The summed E-state index contributed by atoms with van der Waals surface area (Å²) in [6, 6.07) is 5.53. The molecule has 0 bridgehead atoms. The third-order valence-electron chi connectivity index (χ3n) is 3.44. The fraction of sp³-hybridized carbons (Fsp3) is 0.500. The summed E-state index contributed by atoms with van der Waals surface area (Å²) in [5.41, 5.74) is 8.71. The molecule has 2 rings (SSSR count). The van der Waals surface area contributed by atoms with Crippen LogP contribution < -0.4 is 16.0 Å². The minimum Gasteiger partial charge on any atom is -0.372 e. The Morgan fingerprint density at radius 1 is 1.39 bits per heavy atom. The molecule has 1 heterocycles. The first-order chi connectivity index (χ1) is 8.67. The van der Waals surface area contributed by atoms with Crippen molar-refractivity contribution in [2.75, 3.05) is 23.3 Å². The van der Waals surface area contributed by atoms with Gasteiger partial charge in [-0.15, -0.1) is 0 Å². The van der Waals surface area contributed by atoms with Crippen LogP contribution in [0.2, 0.25) is 0 Å². The lowest BCUT2D eigenvalue weighted by atomic mass is 10.1. The van der Waals surface area contributed by atoms with Crippen molar-refractivity contribution in [3.8, 4) is 0 Å². The van der Waals surface area contributed by atoms with Crippen molar-refractivity contribution in [2.24, 2.45) is 5.73 Å². The van der Waals surface area contributed by atoms with Crippen LogP contribution in [0.1, 0.15) is 38.3 Å². The van der Waals surface area contributed by atoms with E-state index in [9.17, 15) is 4.79 Å². The smallest absolute Gasteiger partial charge is 0.245 e. The lowest BCUT2D eigenvalue weighted by Crippen LogP contribution is -2.23. The molecule has 98 valence electrons. The number of hydrogen-bond donors (Lipinski definition) is 2. The summed E-state index contributed by atoms with van der Waals surface area (Å²) in [7, 11) is 0. The highest BCUT2D eigenvalue weighted by Gasteiger charge is 2.27. The Hall–Kier alpha value is -1.55. The molecule has 4 nitrogen and oxygen atoms in total. The largest absolute Gasteiger partial charge is 0.372 e. The molecular formula is C14H21N3O.